The second kappa shape index (κ2) is 5.20. The summed E-state index contributed by atoms with van der Waals surface area (Å²) in [6, 6.07) is 5.19. The molecule has 0 aromatic heterocycles. The van der Waals surface area contributed by atoms with Crippen molar-refractivity contribution < 1.29 is 19.1 Å². The maximum atomic E-state index is 12.8. The Balaban J connectivity index is 1.60. The van der Waals surface area contributed by atoms with Crippen LogP contribution in [0.4, 0.5) is 4.79 Å². The van der Waals surface area contributed by atoms with E-state index >= 15 is 0 Å². The Bertz CT molecular complexity index is 761. The van der Waals surface area contributed by atoms with E-state index in [-0.39, 0.29) is 17.4 Å². The van der Waals surface area contributed by atoms with Crippen molar-refractivity contribution in [2.24, 2.45) is 5.41 Å². The van der Waals surface area contributed by atoms with E-state index < -0.39 is 11.6 Å². The molecule has 4 heterocycles. The average Bonchev–Trinajstić information content (AvgIpc) is 2.91. The lowest BCUT2D eigenvalue weighted by Gasteiger charge is -2.53. The molecular weight excluding hydrogens is 388 g/mol. The molecule has 1 spiro atoms. The molecule has 2 unspecified atom stereocenters. The van der Waals surface area contributed by atoms with Gasteiger partial charge in [-0.3, -0.25) is 10.1 Å². The zero-order chi connectivity index (χ0) is 17.2. The van der Waals surface area contributed by atoms with Crippen LogP contribution in [-0.4, -0.2) is 30.8 Å². The molecule has 25 heavy (non-hydrogen) atoms. The second-order valence-corrected chi connectivity index (χ2v) is 8.55. The molecule has 3 saturated heterocycles. The van der Waals surface area contributed by atoms with Gasteiger partial charge < -0.3 is 14.8 Å². The molecule has 1 aromatic carbocycles. The number of carbonyl (C=O) groups excluding carboxylic acids is 2. The highest BCUT2D eigenvalue weighted by Crippen LogP contribution is 2.53. The van der Waals surface area contributed by atoms with Crippen LogP contribution in [0.1, 0.15) is 37.7 Å². The van der Waals surface area contributed by atoms with E-state index in [1.807, 2.05) is 18.2 Å². The van der Waals surface area contributed by atoms with Crippen molar-refractivity contribution in [1.29, 1.82) is 0 Å². The van der Waals surface area contributed by atoms with Crippen LogP contribution in [0, 0.1) is 5.41 Å². The fraction of sp³-hybridized carbons (Fsp3) is 0.556. The van der Waals surface area contributed by atoms with Gasteiger partial charge in [-0.25, -0.2) is 4.79 Å². The van der Waals surface area contributed by atoms with Gasteiger partial charge in [-0.1, -0.05) is 15.9 Å². The smallest absolute Gasteiger partial charge is 0.322 e. The van der Waals surface area contributed by atoms with E-state index in [4.69, 9.17) is 9.47 Å². The average molecular weight is 407 g/mol. The summed E-state index contributed by atoms with van der Waals surface area (Å²) >= 11 is 3.46. The number of imide groups is 1. The van der Waals surface area contributed by atoms with Gasteiger partial charge in [0.05, 0.1) is 12.7 Å². The minimum absolute atomic E-state index is 0.0832. The van der Waals surface area contributed by atoms with Crippen LogP contribution in [0.2, 0.25) is 0 Å². The maximum absolute atomic E-state index is 12.8. The number of fused-ring (bicyclic) bond motifs is 5. The number of amides is 3. The summed E-state index contributed by atoms with van der Waals surface area (Å²) in [6.45, 7) is 0.667. The van der Waals surface area contributed by atoms with Crippen LogP contribution >= 0.6 is 15.9 Å². The molecule has 1 aromatic rings. The minimum Gasteiger partial charge on any atom is -0.489 e. The van der Waals surface area contributed by atoms with Crippen molar-refractivity contribution in [3.63, 3.8) is 0 Å². The topological polar surface area (TPSA) is 76.7 Å². The number of benzene rings is 1. The van der Waals surface area contributed by atoms with Gasteiger partial charge in [-0.05, 0) is 43.9 Å². The quantitative estimate of drug-likeness (QED) is 0.702. The van der Waals surface area contributed by atoms with Crippen molar-refractivity contribution in [1.82, 2.24) is 10.6 Å². The molecule has 4 aliphatic heterocycles. The Labute approximate surface area is 153 Å². The standard InChI is InChI=1S/C18H19BrN2O4/c19-10-1-2-13-12(7-10)18(15(22)20-16(23)21-18)8-14(25-13)17-5-3-11(4-6-17)24-9-17/h1-2,7,11,14H,3-6,8-9H2,(H2,20,21,22,23). The third kappa shape index (κ3) is 2.18. The highest BCUT2D eigenvalue weighted by Gasteiger charge is 2.58. The largest absolute Gasteiger partial charge is 0.489 e. The first kappa shape index (κ1) is 15.6. The molecule has 3 amide bonds. The SMILES string of the molecule is O=C1NC(=O)C2(CC(C34CCC(CC3)OC4)Oc3ccc(Br)cc32)N1. The number of rotatable bonds is 1. The summed E-state index contributed by atoms with van der Waals surface area (Å²) in [7, 11) is 0. The molecule has 0 radical (unpaired) electrons. The first-order chi connectivity index (χ1) is 12.0. The monoisotopic (exact) mass is 406 g/mol. The Morgan fingerprint density at radius 3 is 2.64 bits per heavy atom. The van der Waals surface area contributed by atoms with Crippen molar-refractivity contribution in [2.45, 2.75) is 49.9 Å². The predicted molar refractivity (Wildman–Crippen MR) is 92.2 cm³/mol. The van der Waals surface area contributed by atoms with Crippen LogP contribution in [0.5, 0.6) is 5.75 Å². The Hall–Kier alpha value is -1.60. The van der Waals surface area contributed by atoms with E-state index in [0.717, 1.165) is 30.2 Å². The number of nitrogens with one attached hydrogen (secondary N) is 2. The Morgan fingerprint density at radius 1 is 1.20 bits per heavy atom. The third-order valence-corrected chi connectivity index (χ3v) is 6.81. The van der Waals surface area contributed by atoms with Crippen LogP contribution in [0.3, 0.4) is 0 Å². The van der Waals surface area contributed by atoms with Gasteiger partial charge in [0.25, 0.3) is 5.91 Å². The molecule has 4 fully saturated rings. The Kier molecular flexibility index (Phi) is 3.26. The fourth-order valence-electron chi connectivity index (χ4n) is 4.86. The van der Waals surface area contributed by atoms with Crippen molar-refractivity contribution in [3.05, 3.63) is 28.2 Å². The maximum Gasteiger partial charge on any atom is 0.322 e. The first-order valence-electron chi connectivity index (χ1n) is 8.73. The van der Waals surface area contributed by atoms with E-state index in [1.165, 1.54) is 0 Å². The number of halogens is 1. The number of urea groups is 1. The molecule has 6 nitrogen and oxygen atoms in total. The normalized spacial score (nSPS) is 38.9. The summed E-state index contributed by atoms with van der Waals surface area (Å²) in [5, 5.41) is 5.29. The molecule has 5 aliphatic rings. The van der Waals surface area contributed by atoms with Crippen LogP contribution in [0.25, 0.3) is 0 Å². The predicted octanol–water partition coefficient (Wildman–Crippen LogP) is 2.59. The van der Waals surface area contributed by atoms with Crippen molar-refractivity contribution in [2.75, 3.05) is 6.61 Å². The van der Waals surface area contributed by atoms with Crippen LogP contribution in [-0.2, 0) is 15.1 Å². The number of ether oxygens (including phenoxy) is 2. The van der Waals surface area contributed by atoms with E-state index in [1.54, 1.807) is 0 Å². The van der Waals surface area contributed by atoms with Gasteiger partial charge in [-0.15, -0.1) is 0 Å². The highest BCUT2D eigenvalue weighted by atomic mass is 79.9. The number of hydrogen-bond acceptors (Lipinski definition) is 4. The van der Waals surface area contributed by atoms with Gasteiger partial charge in [0.15, 0.2) is 5.54 Å². The van der Waals surface area contributed by atoms with E-state index in [9.17, 15) is 9.59 Å². The van der Waals surface area contributed by atoms with E-state index in [2.05, 4.69) is 26.6 Å². The van der Waals surface area contributed by atoms with Gasteiger partial charge in [0.1, 0.15) is 11.9 Å². The lowest BCUT2D eigenvalue weighted by Crippen LogP contribution is -2.58. The van der Waals surface area contributed by atoms with Crippen molar-refractivity contribution in [3.8, 4) is 5.75 Å². The Morgan fingerprint density at radius 2 is 2.00 bits per heavy atom. The molecule has 2 N–H and O–H groups in total. The zero-order valence-electron chi connectivity index (χ0n) is 13.6. The van der Waals surface area contributed by atoms with Gasteiger partial charge in [0.2, 0.25) is 0 Å². The molecule has 2 atom stereocenters. The van der Waals surface area contributed by atoms with Crippen molar-refractivity contribution >= 4 is 27.9 Å². The minimum atomic E-state index is -1.07. The zero-order valence-corrected chi connectivity index (χ0v) is 15.2. The molecule has 1 saturated carbocycles. The highest BCUT2D eigenvalue weighted by molar-refractivity contribution is 9.10. The molecule has 132 valence electrons. The van der Waals surface area contributed by atoms with Gasteiger partial charge >= 0.3 is 6.03 Å². The summed E-state index contributed by atoms with van der Waals surface area (Å²) in [4.78, 5) is 24.7. The molecule has 1 aliphatic carbocycles. The number of hydrogen-bond donors (Lipinski definition) is 2. The summed E-state index contributed by atoms with van der Waals surface area (Å²) in [6.07, 6.45) is 4.81. The van der Waals surface area contributed by atoms with E-state index in [0.29, 0.717) is 30.4 Å². The lowest BCUT2D eigenvalue weighted by molar-refractivity contribution is -0.163. The molecule has 7 heteroatoms. The molecule has 6 rings (SSSR count). The van der Waals surface area contributed by atoms with Gasteiger partial charge in [0, 0.05) is 21.9 Å². The van der Waals surface area contributed by atoms with Gasteiger partial charge in [-0.2, -0.15) is 0 Å². The molecular formula is C18H19BrN2O4. The van der Waals surface area contributed by atoms with Crippen LogP contribution < -0.4 is 15.4 Å². The summed E-state index contributed by atoms with van der Waals surface area (Å²) in [5.41, 5.74) is -0.439. The second-order valence-electron chi connectivity index (χ2n) is 7.64. The molecule has 2 bridgehead atoms. The summed E-state index contributed by atoms with van der Waals surface area (Å²) < 4.78 is 13.2. The first-order valence-corrected chi connectivity index (χ1v) is 9.52. The fourth-order valence-corrected chi connectivity index (χ4v) is 5.23. The number of carbonyl (C=O) groups is 2. The summed E-state index contributed by atoms with van der Waals surface area (Å²) in [5.74, 6) is 0.367. The lowest BCUT2D eigenvalue weighted by atomic mass is 9.64. The van der Waals surface area contributed by atoms with Crippen LogP contribution in [0.15, 0.2) is 22.7 Å². The third-order valence-electron chi connectivity index (χ3n) is 6.32.